The highest BCUT2D eigenvalue weighted by Gasteiger charge is 2.38. The molecule has 0 radical (unpaired) electrons. The summed E-state index contributed by atoms with van der Waals surface area (Å²) in [6.45, 7) is 13.8. The summed E-state index contributed by atoms with van der Waals surface area (Å²) in [5.74, 6) is 0.107. The van der Waals surface area contributed by atoms with Crippen LogP contribution in [-0.2, 0) is 4.79 Å². The molecule has 30 heavy (non-hydrogen) atoms. The number of piperidine rings is 1. The van der Waals surface area contributed by atoms with Gasteiger partial charge in [-0.25, -0.2) is 4.79 Å². The molecule has 6 nitrogen and oxygen atoms in total. The van der Waals surface area contributed by atoms with Crippen molar-refractivity contribution < 1.29 is 13.9 Å². The molecule has 1 aromatic carbocycles. The Kier molecular flexibility index (Phi) is 5.95. The largest absolute Gasteiger partial charge is 0.479 e. The fraction of sp³-hybridized carbons (Fsp3) is 0.565. The molecular formula is C23H31ClN2O4. The molecule has 0 saturated carbocycles. The Morgan fingerprint density at radius 1 is 1.20 bits per heavy atom. The quantitative estimate of drug-likeness (QED) is 0.703. The van der Waals surface area contributed by atoms with Gasteiger partial charge in [0.1, 0.15) is 11.3 Å². The molecule has 1 amide bonds. The number of rotatable bonds is 4. The van der Waals surface area contributed by atoms with Crippen LogP contribution in [0.25, 0.3) is 11.0 Å². The Hall–Kier alpha value is -2.05. The molecule has 164 valence electrons. The Balaban J connectivity index is 1.77. The third kappa shape index (κ3) is 4.81. The lowest BCUT2D eigenvalue weighted by Gasteiger charge is -2.46. The van der Waals surface area contributed by atoms with Crippen LogP contribution < -0.4 is 21.0 Å². The Bertz CT molecular complexity index is 1030. The summed E-state index contributed by atoms with van der Waals surface area (Å²) < 4.78 is 11.2. The third-order valence-corrected chi connectivity index (χ3v) is 6.01. The zero-order valence-electron chi connectivity index (χ0n) is 18.7. The van der Waals surface area contributed by atoms with Crippen molar-refractivity contribution >= 4 is 28.5 Å². The van der Waals surface area contributed by atoms with Crippen LogP contribution in [0, 0.1) is 13.8 Å². The smallest absolute Gasteiger partial charge is 0.339 e. The lowest BCUT2D eigenvalue weighted by molar-refractivity contribution is -0.128. The number of halogens is 1. The number of hydrogen-bond donors (Lipinski definition) is 2. The minimum absolute atomic E-state index is 0.0468. The van der Waals surface area contributed by atoms with Gasteiger partial charge in [0.15, 0.2) is 6.10 Å². The monoisotopic (exact) mass is 434 g/mol. The molecule has 2 heterocycles. The normalized spacial score (nSPS) is 19.5. The van der Waals surface area contributed by atoms with Crippen molar-refractivity contribution in [2.45, 2.75) is 84.5 Å². The van der Waals surface area contributed by atoms with E-state index in [0.717, 1.165) is 23.8 Å². The van der Waals surface area contributed by atoms with Gasteiger partial charge >= 0.3 is 5.63 Å². The van der Waals surface area contributed by atoms with Gasteiger partial charge in [0, 0.05) is 34.1 Å². The average Bonchev–Trinajstić information content (AvgIpc) is 2.58. The second-order valence-electron chi connectivity index (χ2n) is 9.68. The van der Waals surface area contributed by atoms with Crippen LogP contribution in [0.1, 0.15) is 58.6 Å². The van der Waals surface area contributed by atoms with Gasteiger partial charge in [0.2, 0.25) is 0 Å². The van der Waals surface area contributed by atoms with E-state index in [0.29, 0.717) is 21.9 Å². The summed E-state index contributed by atoms with van der Waals surface area (Å²) in [5, 5.41) is 7.83. The number of ether oxygens (including phenoxy) is 1. The summed E-state index contributed by atoms with van der Waals surface area (Å²) in [4.78, 5) is 24.8. The first-order valence-corrected chi connectivity index (χ1v) is 10.7. The van der Waals surface area contributed by atoms with E-state index >= 15 is 0 Å². The molecule has 1 fully saturated rings. The van der Waals surface area contributed by atoms with Gasteiger partial charge in [-0.05, 0) is 72.9 Å². The summed E-state index contributed by atoms with van der Waals surface area (Å²) in [5.41, 5.74) is 1.22. The minimum Gasteiger partial charge on any atom is -0.479 e. The number of fused-ring (bicyclic) bond motifs is 1. The van der Waals surface area contributed by atoms with Crippen molar-refractivity contribution in [2.75, 3.05) is 0 Å². The highest BCUT2D eigenvalue weighted by atomic mass is 35.5. The van der Waals surface area contributed by atoms with Crippen LogP contribution in [0.5, 0.6) is 5.75 Å². The first-order chi connectivity index (χ1) is 13.8. The summed E-state index contributed by atoms with van der Waals surface area (Å²) >= 11 is 6.40. The van der Waals surface area contributed by atoms with Gasteiger partial charge in [-0.1, -0.05) is 11.6 Å². The topological polar surface area (TPSA) is 80.6 Å². The third-order valence-electron chi connectivity index (χ3n) is 5.72. The molecule has 1 atom stereocenters. The molecule has 3 rings (SSSR count). The first-order valence-electron chi connectivity index (χ1n) is 10.3. The predicted octanol–water partition coefficient (Wildman–Crippen LogP) is 4.26. The molecule has 0 spiro atoms. The van der Waals surface area contributed by atoms with E-state index in [1.54, 1.807) is 26.0 Å². The van der Waals surface area contributed by atoms with Gasteiger partial charge < -0.3 is 19.8 Å². The first kappa shape index (κ1) is 22.6. The maximum atomic E-state index is 12.8. The van der Waals surface area contributed by atoms with E-state index in [9.17, 15) is 9.59 Å². The number of carbonyl (C=O) groups is 1. The molecule has 1 aliphatic rings. The van der Waals surface area contributed by atoms with Crippen molar-refractivity contribution in [1.82, 2.24) is 10.6 Å². The maximum Gasteiger partial charge on any atom is 0.339 e. The number of nitrogens with one attached hydrogen (secondary N) is 2. The average molecular weight is 435 g/mol. The number of carbonyl (C=O) groups excluding carboxylic acids is 1. The van der Waals surface area contributed by atoms with E-state index in [4.69, 9.17) is 20.8 Å². The zero-order chi connectivity index (χ0) is 22.4. The molecule has 0 bridgehead atoms. The molecular weight excluding hydrogens is 404 g/mol. The fourth-order valence-electron chi connectivity index (χ4n) is 4.52. The Morgan fingerprint density at radius 3 is 2.40 bits per heavy atom. The standard InChI is InChI=1S/C23H31ClN2O4/c1-12-13(2)21(28)30-18-9-19(17(24)8-16(12)18)29-14(3)20(27)25-15-10-22(4,5)26-23(6,7)11-15/h8-9,14-15,26H,10-11H2,1-7H3,(H,25,27). The van der Waals surface area contributed by atoms with Crippen LogP contribution in [0.3, 0.4) is 0 Å². The maximum absolute atomic E-state index is 12.8. The Morgan fingerprint density at radius 2 is 1.80 bits per heavy atom. The predicted molar refractivity (Wildman–Crippen MR) is 120 cm³/mol. The summed E-state index contributed by atoms with van der Waals surface area (Å²) in [6.07, 6.45) is 0.907. The van der Waals surface area contributed by atoms with Gasteiger partial charge in [-0.15, -0.1) is 0 Å². The zero-order valence-corrected chi connectivity index (χ0v) is 19.5. The van der Waals surface area contributed by atoms with Crippen molar-refractivity contribution in [3.05, 3.63) is 38.7 Å². The van der Waals surface area contributed by atoms with Crippen LogP contribution in [0.2, 0.25) is 5.02 Å². The number of benzene rings is 1. The highest BCUT2D eigenvalue weighted by molar-refractivity contribution is 6.32. The van der Waals surface area contributed by atoms with Gasteiger partial charge in [-0.3, -0.25) is 4.79 Å². The van der Waals surface area contributed by atoms with E-state index in [1.807, 2.05) is 6.92 Å². The summed E-state index contributed by atoms with van der Waals surface area (Å²) in [6, 6.07) is 3.33. The second-order valence-corrected chi connectivity index (χ2v) is 10.1. The van der Waals surface area contributed by atoms with Gasteiger partial charge in [0.05, 0.1) is 5.02 Å². The van der Waals surface area contributed by atoms with Crippen LogP contribution >= 0.6 is 11.6 Å². The highest BCUT2D eigenvalue weighted by Crippen LogP contribution is 2.33. The fourth-order valence-corrected chi connectivity index (χ4v) is 4.73. The molecule has 1 aromatic heterocycles. The number of aryl methyl sites for hydroxylation is 1. The van der Waals surface area contributed by atoms with E-state index < -0.39 is 11.7 Å². The van der Waals surface area contributed by atoms with Crippen molar-refractivity contribution in [3.8, 4) is 5.75 Å². The van der Waals surface area contributed by atoms with Gasteiger partial charge in [-0.2, -0.15) is 0 Å². The minimum atomic E-state index is -0.751. The summed E-state index contributed by atoms with van der Waals surface area (Å²) in [7, 11) is 0. The lowest BCUT2D eigenvalue weighted by Crippen LogP contribution is -2.62. The Labute approximate surface area is 182 Å². The molecule has 0 aliphatic carbocycles. The van der Waals surface area contributed by atoms with E-state index in [1.165, 1.54) is 0 Å². The molecule has 1 unspecified atom stereocenters. The molecule has 1 aliphatic heterocycles. The van der Waals surface area contributed by atoms with Crippen molar-refractivity contribution in [2.24, 2.45) is 0 Å². The SMILES string of the molecule is Cc1c(C)c2cc(Cl)c(OC(C)C(=O)NC3CC(C)(C)NC(C)(C)C3)cc2oc1=O. The molecule has 1 saturated heterocycles. The van der Waals surface area contributed by atoms with E-state index in [-0.39, 0.29) is 23.0 Å². The van der Waals surface area contributed by atoms with Crippen molar-refractivity contribution in [3.63, 3.8) is 0 Å². The van der Waals surface area contributed by atoms with Crippen LogP contribution in [0.4, 0.5) is 0 Å². The molecule has 2 N–H and O–H groups in total. The van der Waals surface area contributed by atoms with Crippen LogP contribution in [-0.4, -0.2) is 29.1 Å². The van der Waals surface area contributed by atoms with Crippen molar-refractivity contribution in [1.29, 1.82) is 0 Å². The lowest BCUT2D eigenvalue weighted by atomic mass is 9.79. The molecule has 7 heteroatoms. The molecule has 2 aromatic rings. The van der Waals surface area contributed by atoms with Crippen LogP contribution in [0.15, 0.2) is 21.3 Å². The van der Waals surface area contributed by atoms with E-state index in [2.05, 4.69) is 38.3 Å². The number of amides is 1. The number of hydrogen-bond acceptors (Lipinski definition) is 5. The second kappa shape index (κ2) is 7.89. The van der Waals surface area contributed by atoms with Gasteiger partial charge in [0.25, 0.3) is 5.91 Å².